The Balaban J connectivity index is 2.42. The zero-order valence-corrected chi connectivity index (χ0v) is 19.2. The Labute approximate surface area is 186 Å². The molecule has 0 radical (unpaired) electrons. The first-order valence-electron chi connectivity index (χ1n) is 11.0. The number of nitrogens with zero attached hydrogens (tertiary/aromatic N) is 1. The Morgan fingerprint density at radius 2 is 1.55 bits per heavy atom. The average molecular weight is 432 g/mol. The summed E-state index contributed by atoms with van der Waals surface area (Å²) >= 11 is 0. The predicted octanol–water partition coefficient (Wildman–Crippen LogP) is 2.48. The molecule has 0 aliphatic rings. The molecule has 2 atom stereocenters. The number of carbonyl (C=O) groups excluding carboxylic acids is 4. The van der Waals surface area contributed by atoms with E-state index in [9.17, 15) is 19.2 Å². The van der Waals surface area contributed by atoms with Crippen molar-refractivity contribution in [3.05, 3.63) is 35.9 Å². The molecule has 172 valence electrons. The molecule has 7 nitrogen and oxygen atoms in total. The molecule has 7 heteroatoms. The van der Waals surface area contributed by atoms with E-state index in [4.69, 9.17) is 0 Å². The molecule has 0 aromatic heterocycles. The summed E-state index contributed by atoms with van der Waals surface area (Å²) < 4.78 is 0. The van der Waals surface area contributed by atoms with Gasteiger partial charge in [-0.25, -0.2) is 0 Å². The predicted molar refractivity (Wildman–Crippen MR) is 121 cm³/mol. The van der Waals surface area contributed by atoms with Gasteiger partial charge in [0.05, 0.1) is 6.04 Å². The largest absolute Gasteiger partial charge is 0.349 e. The number of hydrogen-bond donors (Lipinski definition) is 2. The van der Waals surface area contributed by atoms with Crippen molar-refractivity contribution in [1.29, 1.82) is 0 Å². The van der Waals surface area contributed by atoms with E-state index in [0.29, 0.717) is 25.7 Å². The van der Waals surface area contributed by atoms with Crippen LogP contribution in [0.4, 0.5) is 0 Å². The highest BCUT2D eigenvalue weighted by Gasteiger charge is 2.26. The maximum absolute atomic E-state index is 12.7. The molecule has 31 heavy (non-hydrogen) atoms. The van der Waals surface area contributed by atoms with Gasteiger partial charge in [0, 0.05) is 26.9 Å². The van der Waals surface area contributed by atoms with Gasteiger partial charge < -0.3 is 20.3 Å². The molecular formula is C24H37N3O4. The quantitative estimate of drug-likeness (QED) is 0.349. The Hall–Kier alpha value is -2.70. The molecule has 2 unspecified atom stereocenters. The fourth-order valence-electron chi connectivity index (χ4n) is 3.19. The number of aldehydes is 1. The van der Waals surface area contributed by atoms with E-state index >= 15 is 0 Å². The summed E-state index contributed by atoms with van der Waals surface area (Å²) in [6.45, 7) is 3.72. The number of nitrogens with one attached hydrogen (secondary N) is 2. The highest BCUT2D eigenvalue weighted by Crippen LogP contribution is 2.09. The van der Waals surface area contributed by atoms with Crippen LogP contribution < -0.4 is 10.6 Å². The third kappa shape index (κ3) is 10.8. The van der Waals surface area contributed by atoms with E-state index in [1.165, 1.54) is 0 Å². The summed E-state index contributed by atoms with van der Waals surface area (Å²) in [6, 6.07) is 8.14. The van der Waals surface area contributed by atoms with Gasteiger partial charge in [0.1, 0.15) is 12.3 Å². The first-order chi connectivity index (χ1) is 14.7. The molecule has 0 spiro atoms. The lowest BCUT2D eigenvalue weighted by Crippen LogP contribution is -2.52. The van der Waals surface area contributed by atoms with Gasteiger partial charge in [0.2, 0.25) is 17.7 Å². The lowest BCUT2D eigenvalue weighted by Gasteiger charge is -2.23. The van der Waals surface area contributed by atoms with Crippen LogP contribution in [-0.4, -0.2) is 55.1 Å². The maximum Gasteiger partial charge on any atom is 0.243 e. The minimum absolute atomic E-state index is 0.106. The number of unbranched alkanes of at least 4 members (excludes halogenated alkanes) is 3. The van der Waals surface area contributed by atoms with Crippen molar-refractivity contribution in [2.75, 3.05) is 14.1 Å². The van der Waals surface area contributed by atoms with E-state index in [-0.39, 0.29) is 23.6 Å². The third-order valence-corrected chi connectivity index (χ3v) is 5.10. The summed E-state index contributed by atoms with van der Waals surface area (Å²) in [7, 11) is 3.49. The van der Waals surface area contributed by atoms with E-state index < -0.39 is 12.1 Å². The van der Waals surface area contributed by atoms with Gasteiger partial charge in [-0.05, 0) is 30.7 Å². The molecule has 1 aromatic carbocycles. The number of benzene rings is 1. The van der Waals surface area contributed by atoms with Gasteiger partial charge in [-0.2, -0.15) is 0 Å². The van der Waals surface area contributed by atoms with E-state index in [2.05, 4.69) is 10.6 Å². The second kappa shape index (κ2) is 14.3. The summed E-state index contributed by atoms with van der Waals surface area (Å²) in [5, 5.41) is 5.55. The molecular weight excluding hydrogens is 394 g/mol. The molecule has 0 fully saturated rings. The lowest BCUT2D eigenvalue weighted by molar-refractivity contribution is -0.131. The number of hydrogen-bond acceptors (Lipinski definition) is 4. The van der Waals surface area contributed by atoms with Gasteiger partial charge in [0.25, 0.3) is 0 Å². The van der Waals surface area contributed by atoms with Crippen LogP contribution in [-0.2, 0) is 25.6 Å². The van der Waals surface area contributed by atoms with Crippen molar-refractivity contribution >= 4 is 24.0 Å². The smallest absolute Gasteiger partial charge is 0.243 e. The summed E-state index contributed by atoms with van der Waals surface area (Å²) in [5.74, 6) is -0.517. The summed E-state index contributed by atoms with van der Waals surface area (Å²) in [4.78, 5) is 49.6. The Kier molecular flexibility index (Phi) is 12.2. The molecule has 0 heterocycles. The molecule has 1 aromatic rings. The number of amides is 3. The van der Waals surface area contributed by atoms with Crippen molar-refractivity contribution < 1.29 is 19.2 Å². The van der Waals surface area contributed by atoms with Gasteiger partial charge in [-0.15, -0.1) is 0 Å². The summed E-state index contributed by atoms with van der Waals surface area (Å²) in [6.07, 6.45) is 5.26. The molecule has 1 rings (SSSR count). The van der Waals surface area contributed by atoms with Crippen molar-refractivity contribution in [2.45, 2.75) is 70.9 Å². The van der Waals surface area contributed by atoms with E-state index in [1.54, 1.807) is 19.0 Å². The highest BCUT2D eigenvalue weighted by molar-refractivity contribution is 5.89. The monoisotopic (exact) mass is 431 g/mol. The van der Waals surface area contributed by atoms with Crippen molar-refractivity contribution in [3.8, 4) is 0 Å². The topological polar surface area (TPSA) is 95.6 Å². The van der Waals surface area contributed by atoms with Crippen LogP contribution in [0.1, 0.15) is 57.9 Å². The van der Waals surface area contributed by atoms with Crippen molar-refractivity contribution in [2.24, 2.45) is 5.92 Å². The van der Waals surface area contributed by atoms with Crippen LogP contribution in [0.25, 0.3) is 0 Å². The Morgan fingerprint density at radius 3 is 2.10 bits per heavy atom. The molecule has 0 aliphatic carbocycles. The SMILES string of the molecule is CC(C)C(NC(=O)CCCCCCC(=O)N(C)C)C(=O)NC(C=O)Cc1ccccc1. The second-order valence-electron chi connectivity index (χ2n) is 8.43. The van der Waals surface area contributed by atoms with Gasteiger partial charge >= 0.3 is 0 Å². The molecule has 0 saturated carbocycles. The first kappa shape index (κ1) is 26.3. The minimum Gasteiger partial charge on any atom is -0.349 e. The molecule has 0 aliphatic heterocycles. The zero-order valence-electron chi connectivity index (χ0n) is 19.2. The van der Waals surface area contributed by atoms with E-state index in [0.717, 1.165) is 31.1 Å². The fourth-order valence-corrected chi connectivity index (χ4v) is 3.19. The molecule has 0 saturated heterocycles. The molecule has 0 bridgehead atoms. The Bertz CT molecular complexity index is 704. The van der Waals surface area contributed by atoms with E-state index in [1.807, 2.05) is 44.2 Å². The van der Waals surface area contributed by atoms with Crippen molar-refractivity contribution in [1.82, 2.24) is 15.5 Å². The third-order valence-electron chi connectivity index (χ3n) is 5.10. The standard InChI is InChI=1S/C24H37N3O4/c1-18(2)23(24(31)25-20(17-28)16-19-12-8-7-9-13-19)26-21(29)14-10-5-6-11-15-22(30)27(3)4/h7-9,12-13,17-18,20,23H,5-6,10-11,14-16H2,1-4H3,(H,25,31)(H,26,29). The van der Waals surface area contributed by atoms with Crippen LogP contribution in [0, 0.1) is 5.92 Å². The molecule has 3 amide bonds. The summed E-state index contributed by atoms with van der Waals surface area (Å²) in [5.41, 5.74) is 0.956. The van der Waals surface area contributed by atoms with Gasteiger partial charge in [-0.3, -0.25) is 14.4 Å². The minimum atomic E-state index is -0.691. The van der Waals surface area contributed by atoms with Crippen LogP contribution in [0.3, 0.4) is 0 Å². The van der Waals surface area contributed by atoms with Crippen LogP contribution >= 0.6 is 0 Å². The first-order valence-corrected chi connectivity index (χ1v) is 11.0. The number of rotatable bonds is 14. The van der Waals surface area contributed by atoms with Gasteiger partial charge in [-0.1, -0.05) is 57.0 Å². The van der Waals surface area contributed by atoms with Gasteiger partial charge in [0.15, 0.2) is 0 Å². The number of carbonyl (C=O) groups is 4. The zero-order chi connectivity index (χ0) is 23.2. The van der Waals surface area contributed by atoms with Crippen molar-refractivity contribution in [3.63, 3.8) is 0 Å². The molecule has 2 N–H and O–H groups in total. The Morgan fingerprint density at radius 1 is 0.935 bits per heavy atom. The van der Waals surface area contributed by atoms with Crippen LogP contribution in [0.5, 0.6) is 0 Å². The lowest BCUT2D eigenvalue weighted by atomic mass is 10.0. The van der Waals surface area contributed by atoms with Crippen LogP contribution in [0.15, 0.2) is 30.3 Å². The highest BCUT2D eigenvalue weighted by atomic mass is 16.2. The average Bonchev–Trinajstić information content (AvgIpc) is 2.73. The second-order valence-corrected chi connectivity index (χ2v) is 8.43. The maximum atomic E-state index is 12.7. The fraction of sp³-hybridized carbons (Fsp3) is 0.583. The normalized spacial score (nSPS) is 12.7. The van der Waals surface area contributed by atoms with Crippen LogP contribution in [0.2, 0.25) is 0 Å².